The summed E-state index contributed by atoms with van der Waals surface area (Å²) in [6.07, 6.45) is 20.3. The maximum atomic E-state index is 12.4. The number of nitrogens with one attached hydrogen (secondary N) is 1. The van der Waals surface area contributed by atoms with Crippen LogP contribution in [0.3, 0.4) is 0 Å². The van der Waals surface area contributed by atoms with Gasteiger partial charge in [0, 0.05) is 102 Å². The summed E-state index contributed by atoms with van der Waals surface area (Å²) in [6, 6.07) is 31.6. The minimum atomic E-state index is -4.15. The monoisotopic (exact) mass is 1910 g/mol. The number of alkyl halides is 3. The molecule has 1 aliphatic rings. The van der Waals surface area contributed by atoms with E-state index in [-0.39, 0.29) is 12.2 Å². The van der Waals surface area contributed by atoms with E-state index in [0.717, 1.165) is 114 Å². The van der Waals surface area contributed by atoms with Gasteiger partial charge in [-0.1, -0.05) is 168 Å². The van der Waals surface area contributed by atoms with Crippen LogP contribution in [0.4, 0.5) is 42.3 Å². The standard InChI is InChI=1S/C19H22ClN5S.C18H22ClN5S.C17H17ClF3N5S.C17H17ClN6S.C16H15ClN6S/c1-12-7-14(20)9-15(8-12)26-19-24-16-17(21)22-11-23-18(16)25(19)10-13-5-3-2-4-6-13;1-3-4-5-6-7-24-17-15(16(20)21-11-22-17)23-18(24)25-14-9-12(2)8-13(19)10-14;1-10-6-11(18)8-12(7-10)27-16-25-13-14(22)23-9-24-15(13)26(16)5-3-2-4-17(19,20)21;1-3-4-20-5-6-24-16-14(15(19)21-10-22-16)23-17(24)25-13-8-11(2)7-12(18)9-13;1-10-6-11(17)8-12(7-10)24-16-22-13-14(19)20-9-21-15(13)23(16)5-3-2-4-18/h7-9,11,13H,2-6,10H2,1H3,(H2,21,22,23);8-11H,3-7H2,1-2H3,(H2,20,21,22);6-9H,2-5H2,1H3,(H2,22,23,24);1,7-10,20H,4-6H2,2H3,(H2,19,21,22);6-9H,2-3,5H2,1H3,(H2,19,20,21). The molecular formula is C87H93Cl5F3N27S5. The zero-order valence-electron chi connectivity index (χ0n) is 70.4. The summed E-state index contributed by atoms with van der Waals surface area (Å²) in [4.78, 5) is 70.1. The molecule has 1 saturated carbocycles. The van der Waals surface area contributed by atoms with Gasteiger partial charge < -0.3 is 56.8 Å². The van der Waals surface area contributed by atoms with Crippen LogP contribution in [-0.4, -0.2) is 117 Å². The Morgan fingerprint density at radius 3 is 1.01 bits per heavy atom. The van der Waals surface area contributed by atoms with Gasteiger partial charge in [-0.25, -0.2) is 74.8 Å². The number of hydrogen-bond acceptors (Lipinski definition) is 27. The molecule has 0 aliphatic heterocycles. The van der Waals surface area contributed by atoms with Crippen LogP contribution in [0.5, 0.6) is 0 Å². The number of aryl methyl sites for hydroxylation is 8. The molecule has 40 heteroatoms. The lowest BCUT2D eigenvalue weighted by Crippen LogP contribution is -2.20. The fourth-order valence-corrected chi connectivity index (χ4v) is 21.0. The smallest absolute Gasteiger partial charge is 0.382 e. The third-order valence-corrected chi connectivity index (χ3v) is 25.6. The van der Waals surface area contributed by atoms with E-state index in [1.165, 1.54) is 118 Å². The van der Waals surface area contributed by atoms with E-state index in [0.29, 0.717) is 146 Å². The predicted octanol–water partition coefficient (Wildman–Crippen LogP) is 22.0. The largest absolute Gasteiger partial charge is 0.389 e. The van der Waals surface area contributed by atoms with Crippen LogP contribution in [0.25, 0.3) is 55.8 Å². The van der Waals surface area contributed by atoms with Crippen molar-refractivity contribution in [3.63, 3.8) is 0 Å². The molecule has 0 atom stereocenters. The van der Waals surface area contributed by atoms with E-state index < -0.39 is 12.6 Å². The summed E-state index contributed by atoms with van der Waals surface area (Å²) in [7, 11) is 0. The minimum Gasteiger partial charge on any atom is -0.382 e. The molecule has 1 fully saturated rings. The number of nitrogens with two attached hydrogens (primary N) is 5. The summed E-state index contributed by atoms with van der Waals surface area (Å²) in [5.74, 6) is 5.02. The first-order chi connectivity index (χ1) is 61.1. The number of terminal acetylenes is 1. The normalized spacial score (nSPS) is 12.2. The molecule has 27 nitrogen and oxygen atoms in total. The molecule has 0 saturated heterocycles. The van der Waals surface area contributed by atoms with E-state index in [2.05, 4.69) is 116 Å². The summed E-state index contributed by atoms with van der Waals surface area (Å²) in [5.41, 5.74) is 41.7. The van der Waals surface area contributed by atoms with Crippen LogP contribution >= 0.6 is 117 Å². The van der Waals surface area contributed by atoms with Crippen LogP contribution in [-0.2, 0) is 32.7 Å². The van der Waals surface area contributed by atoms with E-state index in [1.807, 2.05) is 117 Å². The van der Waals surface area contributed by atoms with E-state index in [9.17, 15) is 13.2 Å². The first-order valence-corrected chi connectivity index (χ1v) is 46.7. The second-order valence-corrected chi connectivity index (χ2v) is 37.3. The number of nitrogen functional groups attached to an aromatic ring is 5. The van der Waals surface area contributed by atoms with Crippen molar-refractivity contribution in [2.75, 3.05) is 41.8 Å². The highest BCUT2D eigenvalue weighted by Crippen LogP contribution is 2.41. The first-order valence-electron chi connectivity index (χ1n) is 40.7. The van der Waals surface area contributed by atoms with Crippen molar-refractivity contribution in [3.05, 3.63) is 176 Å². The van der Waals surface area contributed by atoms with E-state index in [4.69, 9.17) is 108 Å². The Bertz CT molecular complexity index is 6320. The quantitative estimate of drug-likeness (QED) is 0.0196. The van der Waals surface area contributed by atoms with Crippen molar-refractivity contribution in [1.82, 2.24) is 103 Å². The minimum absolute atomic E-state index is 0.0319. The van der Waals surface area contributed by atoms with Crippen molar-refractivity contribution in [1.29, 1.82) is 5.26 Å². The number of halogens is 8. The zero-order valence-corrected chi connectivity index (χ0v) is 78.3. The van der Waals surface area contributed by atoms with Gasteiger partial charge in [-0.05, 0) is 198 Å². The molecule has 5 aromatic carbocycles. The molecule has 15 aromatic rings. The summed E-state index contributed by atoms with van der Waals surface area (Å²) >= 11 is 38.4. The fourth-order valence-electron chi connectivity index (χ4n) is 14.0. The Labute approximate surface area is 779 Å². The fraction of sp³-hybridized carbons (Fsp3) is 0.333. The average Bonchev–Trinajstić information content (AvgIpc) is 1.66. The second kappa shape index (κ2) is 45.7. The van der Waals surface area contributed by atoms with E-state index >= 15 is 0 Å². The molecule has 0 spiro atoms. The number of unbranched alkanes of at least 4 members (excludes halogenated alkanes) is 5. The SMILES string of the molecule is C#CCNCCn1c(Sc2cc(C)cc(Cl)c2)nc2c(N)ncnc21.CCCCCCn1c(Sc2cc(C)cc(Cl)c2)nc2c(N)ncnc21.Cc1cc(Cl)cc(Sc2nc3c(N)ncnc3n2CC2CCCCC2)c1.Cc1cc(Cl)cc(Sc2nc3c(N)ncnc3n2CCCC#N)c1.Cc1cc(Cl)cc(Sc2nc3c(N)ncnc3n2CCCCC(F)(F)F)c1. The Kier molecular flexibility index (Phi) is 34.5. The lowest BCUT2D eigenvalue weighted by molar-refractivity contribution is -0.135. The Hall–Kier alpha value is -10.2. The van der Waals surface area contributed by atoms with Crippen LogP contribution in [0.1, 0.15) is 125 Å². The molecule has 0 unspecified atom stereocenters. The van der Waals surface area contributed by atoms with Crippen LogP contribution in [0, 0.1) is 64.2 Å². The number of rotatable bonds is 28. The second-order valence-electron chi connectivity index (χ2n) is 30.0. The van der Waals surface area contributed by atoms with Gasteiger partial charge >= 0.3 is 6.18 Å². The Balaban J connectivity index is 0.000000144. The number of hydrogen-bond donors (Lipinski definition) is 6. The topological polar surface area (TPSA) is 384 Å². The van der Waals surface area contributed by atoms with Crippen molar-refractivity contribution in [2.45, 2.75) is 221 Å². The van der Waals surface area contributed by atoms with Crippen LogP contribution in [0.2, 0.25) is 25.1 Å². The third kappa shape index (κ3) is 26.8. The molecule has 10 heterocycles. The summed E-state index contributed by atoms with van der Waals surface area (Å²) in [6.45, 7) is 16.9. The predicted molar refractivity (Wildman–Crippen MR) is 507 cm³/mol. The molecule has 1 aliphatic carbocycles. The molecule has 0 radical (unpaired) electrons. The number of anilines is 5. The van der Waals surface area contributed by atoms with Crippen molar-refractivity contribution >= 4 is 202 Å². The number of fused-ring (bicyclic) bond motifs is 5. The Morgan fingerprint density at radius 2 is 0.709 bits per heavy atom. The van der Waals surface area contributed by atoms with Crippen molar-refractivity contribution < 1.29 is 13.2 Å². The van der Waals surface area contributed by atoms with Gasteiger partial charge in [0.1, 0.15) is 31.6 Å². The van der Waals surface area contributed by atoms with Gasteiger partial charge in [-0.15, -0.1) is 6.42 Å². The molecule has 11 N–H and O–H groups in total. The maximum absolute atomic E-state index is 12.4. The zero-order chi connectivity index (χ0) is 90.4. The molecule has 0 bridgehead atoms. The number of nitriles is 1. The van der Waals surface area contributed by atoms with E-state index in [1.54, 1.807) is 28.1 Å². The lowest BCUT2D eigenvalue weighted by atomic mass is 9.89. The molecule has 10 aromatic heterocycles. The van der Waals surface area contributed by atoms with Crippen LogP contribution in [0.15, 0.2) is 173 Å². The molecule has 16 rings (SSSR count). The van der Waals surface area contributed by atoms with Gasteiger partial charge in [0.25, 0.3) is 0 Å². The molecule has 127 heavy (non-hydrogen) atoms. The number of benzene rings is 5. The average molecular weight is 1910 g/mol. The first kappa shape index (κ1) is 95.9. The van der Waals surface area contributed by atoms with Gasteiger partial charge in [-0.2, -0.15) is 18.4 Å². The molecular weight excluding hydrogens is 1820 g/mol. The molecule has 662 valence electrons. The van der Waals surface area contributed by atoms with Crippen LogP contribution < -0.4 is 34.0 Å². The summed E-state index contributed by atoms with van der Waals surface area (Å²) < 4.78 is 47.3. The van der Waals surface area contributed by atoms with Crippen molar-refractivity contribution in [2.24, 2.45) is 5.92 Å². The summed E-state index contributed by atoms with van der Waals surface area (Å²) in [5, 5.41) is 19.3. The number of nitrogens with zero attached hydrogens (tertiary/aromatic N) is 21. The Morgan fingerprint density at radius 1 is 0.409 bits per heavy atom. The third-order valence-electron chi connectivity index (χ3n) is 19.7. The highest BCUT2D eigenvalue weighted by atomic mass is 35.5. The van der Waals surface area contributed by atoms with Crippen molar-refractivity contribution in [3.8, 4) is 18.4 Å². The number of imidazole rings is 5. The molecule has 0 amide bonds. The van der Waals surface area contributed by atoms with Gasteiger partial charge in [0.2, 0.25) is 0 Å². The lowest BCUT2D eigenvalue weighted by Gasteiger charge is -2.22. The van der Waals surface area contributed by atoms with Gasteiger partial charge in [0.15, 0.2) is 111 Å². The van der Waals surface area contributed by atoms with Gasteiger partial charge in [0.05, 0.1) is 12.6 Å². The highest BCUT2D eigenvalue weighted by molar-refractivity contribution is 8.00. The maximum Gasteiger partial charge on any atom is 0.389 e. The number of aromatic nitrogens is 20. The highest BCUT2D eigenvalue weighted by Gasteiger charge is 2.28. The van der Waals surface area contributed by atoms with Gasteiger partial charge in [-0.3, -0.25) is 0 Å².